The van der Waals surface area contributed by atoms with Crippen molar-refractivity contribution < 1.29 is 4.74 Å². The Bertz CT molecular complexity index is 531. The minimum absolute atomic E-state index is 0.200. The summed E-state index contributed by atoms with van der Waals surface area (Å²) in [5, 5.41) is 5.45. The van der Waals surface area contributed by atoms with Crippen LogP contribution in [0.2, 0.25) is 0 Å². The van der Waals surface area contributed by atoms with Gasteiger partial charge in [-0.1, -0.05) is 19.9 Å². The van der Waals surface area contributed by atoms with Crippen molar-refractivity contribution >= 4 is 33.2 Å². The van der Waals surface area contributed by atoms with Gasteiger partial charge in [0.05, 0.1) is 23.8 Å². The van der Waals surface area contributed by atoms with Crippen LogP contribution in [0.1, 0.15) is 24.8 Å². The summed E-state index contributed by atoms with van der Waals surface area (Å²) in [6, 6.07) is 4.38. The van der Waals surface area contributed by atoms with E-state index in [1.165, 1.54) is 4.88 Å². The molecule has 0 aliphatic rings. The highest BCUT2D eigenvalue weighted by Crippen LogP contribution is 2.30. The fourth-order valence-corrected chi connectivity index (χ4v) is 3.04. The van der Waals surface area contributed by atoms with Crippen molar-refractivity contribution in [1.82, 2.24) is 9.97 Å². The average molecular weight is 342 g/mol. The highest BCUT2D eigenvalue weighted by atomic mass is 79.9. The first kappa shape index (κ1) is 14.3. The number of halogens is 1. The molecule has 4 nitrogen and oxygen atoms in total. The van der Waals surface area contributed by atoms with Gasteiger partial charge in [0.15, 0.2) is 0 Å². The van der Waals surface area contributed by atoms with E-state index in [2.05, 4.69) is 62.6 Å². The minimum Gasteiger partial charge on any atom is -0.480 e. The molecular weight excluding hydrogens is 326 g/mol. The summed E-state index contributed by atoms with van der Waals surface area (Å²) in [7, 11) is 1.59. The molecule has 0 spiro atoms. The molecule has 2 aromatic heterocycles. The lowest BCUT2D eigenvalue weighted by Crippen LogP contribution is -2.17. The summed E-state index contributed by atoms with van der Waals surface area (Å²) in [5.41, 5.74) is 0. The Morgan fingerprint density at radius 3 is 2.79 bits per heavy atom. The van der Waals surface area contributed by atoms with E-state index >= 15 is 0 Å². The maximum Gasteiger partial charge on any atom is 0.232 e. The van der Waals surface area contributed by atoms with E-state index in [0.717, 1.165) is 4.47 Å². The molecule has 0 fully saturated rings. The quantitative estimate of drug-likeness (QED) is 0.888. The summed E-state index contributed by atoms with van der Waals surface area (Å²) < 4.78 is 5.93. The van der Waals surface area contributed by atoms with Gasteiger partial charge in [-0.2, -0.15) is 4.98 Å². The number of hydrogen-bond donors (Lipinski definition) is 1. The number of methoxy groups -OCH3 is 1. The maximum absolute atomic E-state index is 5.18. The third-order valence-electron chi connectivity index (χ3n) is 2.71. The normalized spacial score (nSPS) is 12.5. The van der Waals surface area contributed by atoms with Crippen molar-refractivity contribution in [2.75, 3.05) is 12.4 Å². The van der Waals surface area contributed by atoms with E-state index in [4.69, 9.17) is 4.74 Å². The molecule has 2 aromatic rings. The third-order valence-corrected chi connectivity index (χ3v) is 4.21. The summed E-state index contributed by atoms with van der Waals surface area (Å²) in [6.07, 6.45) is 1.69. The third kappa shape index (κ3) is 3.45. The van der Waals surface area contributed by atoms with E-state index in [-0.39, 0.29) is 6.04 Å². The second-order valence-electron chi connectivity index (χ2n) is 4.43. The molecule has 1 unspecified atom stereocenters. The van der Waals surface area contributed by atoms with Crippen LogP contribution < -0.4 is 10.1 Å². The van der Waals surface area contributed by atoms with Gasteiger partial charge < -0.3 is 10.1 Å². The summed E-state index contributed by atoms with van der Waals surface area (Å²) in [4.78, 5) is 9.89. The summed E-state index contributed by atoms with van der Waals surface area (Å²) >= 11 is 5.08. The molecule has 1 N–H and O–H groups in total. The molecule has 0 bridgehead atoms. The zero-order valence-electron chi connectivity index (χ0n) is 11.1. The van der Waals surface area contributed by atoms with E-state index in [0.29, 0.717) is 17.7 Å². The molecule has 2 rings (SSSR count). The lowest BCUT2D eigenvalue weighted by atomic mass is 10.0. The fourth-order valence-electron chi connectivity index (χ4n) is 1.74. The molecule has 2 heterocycles. The Morgan fingerprint density at radius 1 is 1.42 bits per heavy atom. The predicted octanol–water partition coefficient (Wildman–Crippen LogP) is 4.12. The molecule has 0 aromatic carbocycles. The van der Waals surface area contributed by atoms with E-state index in [1.807, 2.05) is 0 Å². The summed E-state index contributed by atoms with van der Waals surface area (Å²) in [5.74, 6) is 1.55. The van der Waals surface area contributed by atoms with Crippen molar-refractivity contribution in [3.05, 3.63) is 33.1 Å². The number of aromatic nitrogens is 2. The first-order valence-corrected chi connectivity index (χ1v) is 7.65. The molecule has 0 aliphatic heterocycles. The van der Waals surface area contributed by atoms with Crippen LogP contribution in [0, 0.1) is 5.92 Å². The smallest absolute Gasteiger partial charge is 0.232 e. The lowest BCUT2D eigenvalue weighted by Gasteiger charge is -2.21. The number of ether oxygens (including phenoxy) is 1. The van der Waals surface area contributed by atoms with Crippen molar-refractivity contribution in [3.63, 3.8) is 0 Å². The number of hydrogen-bond acceptors (Lipinski definition) is 5. The molecular formula is C13H16BrN3OS. The molecule has 102 valence electrons. The van der Waals surface area contributed by atoms with Crippen molar-refractivity contribution in [2.24, 2.45) is 5.92 Å². The maximum atomic E-state index is 5.18. The number of anilines is 1. The second-order valence-corrected chi connectivity index (χ2v) is 6.27. The zero-order valence-corrected chi connectivity index (χ0v) is 13.5. The van der Waals surface area contributed by atoms with Crippen LogP contribution in [-0.4, -0.2) is 17.1 Å². The van der Waals surface area contributed by atoms with Crippen LogP contribution in [0.15, 0.2) is 28.2 Å². The molecule has 0 saturated carbocycles. The standard InChI is InChI=1S/C13H16BrN3OS/c1-8(2)11(10-5-4-6-19-10)16-13-15-7-9(14)12(17-13)18-3/h4-8,11H,1-3H3,(H,15,16,17). The van der Waals surface area contributed by atoms with Gasteiger partial charge in [-0.15, -0.1) is 11.3 Å². The first-order chi connectivity index (χ1) is 9.11. The van der Waals surface area contributed by atoms with Gasteiger partial charge in [0.2, 0.25) is 11.8 Å². The Balaban J connectivity index is 2.22. The molecule has 0 aliphatic carbocycles. The van der Waals surface area contributed by atoms with E-state index in [9.17, 15) is 0 Å². The Labute approximate surface area is 125 Å². The molecule has 1 atom stereocenters. The van der Waals surface area contributed by atoms with Gasteiger partial charge >= 0.3 is 0 Å². The molecule has 6 heteroatoms. The first-order valence-electron chi connectivity index (χ1n) is 5.98. The number of thiophene rings is 1. The molecule has 0 amide bonds. The van der Waals surface area contributed by atoms with Crippen LogP contribution in [0.5, 0.6) is 5.88 Å². The van der Waals surface area contributed by atoms with Crippen molar-refractivity contribution in [3.8, 4) is 5.88 Å². The number of nitrogens with zero attached hydrogens (tertiary/aromatic N) is 2. The minimum atomic E-state index is 0.200. The molecule has 0 radical (unpaired) electrons. The van der Waals surface area contributed by atoms with Crippen LogP contribution in [0.3, 0.4) is 0 Å². The largest absolute Gasteiger partial charge is 0.480 e. The van der Waals surface area contributed by atoms with Gasteiger partial charge in [0.1, 0.15) is 0 Å². The highest BCUT2D eigenvalue weighted by molar-refractivity contribution is 9.10. The molecule has 19 heavy (non-hydrogen) atoms. The van der Waals surface area contributed by atoms with Gasteiger partial charge in [-0.25, -0.2) is 4.98 Å². The second kappa shape index (κ2) is 6.34. The van der Waals surface area contributed by atoms with Crippen LogP contribution in [0.4, 0.5) is 5.95 Å². The topological polar surface area (TPSA) is 47.0 Å². The van der Waals surface area contributed by atoms with E-state index < -0.39 is 0 Å². The highest BCUT2D eigenvalue weighted by Gasteiger charge is 2.18. The lowest BCUT2D eigenvalue weighted by molar-refractivity contribution is 0.394. The monoisotopic (exact) mass is 341 g/mol. The van der Waals surface area contributed by atoms with Gasteiger partial charge in [0.25, 0.3) is 0 Å². The van der Waals surface area contributed by atoms with Gasteiger partial charge in [-0.3, -0.25) is 0 Å². The number of rotatable bonds is 5. The van der Waals surface area contributed by atoms with Gasteiger partial charge in [-0.05, 0) is 33.3 Å². The van der Waals surface area contributed by atoms with Crippen LogP contribution in [-0.2, 0) is 0 Å². The predicted molar refractivity (Wildman–Crippen MR) is 81.8 cm³/mol. The number of nitrogens with one attached hydrogen (secondary N) is 1. The van der Waals surface area contributed by atoms with Crippen LogP contribution >= 0.6 is 27.3 Å². The van der Waals surface area contributed by atoms with Crippen molar-refractivity contribution in [2.45, 2.75) is 19.9 Å². The molecule has 0 saturated heterocycles. The fraction of sp³-hybridized carbons (Fsp3) is 0.385. The van der Waals surface area contributed by atoms with E-state index in [1.54, 1.807) is 24.6 Å². The summed E-state index contributed by atoms with van der Waals surface area (Å²) in [6.45, 7) is 4.35. The SMILES string of the molecule is COc1nc(NC(c2cccs2)C(C)C)ncc1Br. The van der Waals surface area contributed by atoms with Crippen molar-refractivity contribution in [1.29, 1.82) is 0 Å². The van der Waals surface area contributed by atoms with Crippen LogP contribution in [0.25, 0.3) is 0 Å². The Morgan fingerprint density at radius 2 is 2.21 bits per heavy atom. The zero-order chi connectivity index (χ0) is 13.8. The van der Waals surface area contributed by atoms with Gasteiger partial charge in [0, 0.05) is 4.88 Å². The average Bonchev–Trinajstić information content (AvgIpc) is 2.91. The Hall–Kier alpha value is -1.14. The Kier molecular flexibility index (Phi) is 4.76.